The summed E-state index contributed by atoms with van der Waals surface area (Å²) in [7, 11) is 0. The first-order chi connectivity index (χ1) is 6.74. The van der Waals surface area contributed by atoms with E-state index in [2.05, 4.69) is 6.07 Å². The van der Waals surface area contributed by atoms with E-state index in [1.54, 1.807) is 0 Å². The molecule has 0 bridgehead atoms. The average molecular weight is 197 g/mol. The Morgan fingerprint density at radius 3 is 2.79 bits per heavy atom. The molecule has 0 spiro atoms. The van der Waals surface area contributed by atoms with E-state index in [0.29, 0.717) is 13.2 Å². The predicted molar refractivity (Wildman–Crippen MR) is 53.8 cm³/mol. The third kappa shape index (κ3) is 3.65. The Bertz CT molecular complexity index is 198. The van der Waals surface area contributed by atoms with Crippen LogP contribution >= 0.6 is 0 Å². The highest BCUT2D eigenvalue weighted by Crippen LogP contribution is 2.27. The topological polar surface area (TPSA) is 42.2 Å². The van der Waals surface area contributed by atoms with E-state index in [1.165, 1.54) is 0 Å². The Balaban J connectivity index is 2.09. The molecule has 1 aliphatic rings. The molecular weight excluding hydrogens is 178 g/mol. The van der Waals surface area contributed by atoms with Gasteiger partial charge in [-0.05, 0) is 33.1 Å². The fourth-order valence-electron chi connectivity index (χ4n) is 1.76. The number of nitrogens with zero attached hydrogens (tertiary/aromatic N) is 1. The minimum Gasteiger partial charge on any atom is -0.376 e. The third-order valence-corrected chi connectivity index (χ3v) is 2.48. The Hall–Kier alpha value is -0.590. The van der Waals surface area contributed by atoms with Gasteiger partial charge in [-0.1, -0.05) is 0 Å². The molecule has 0 radical (unpaired) electrons. The lowest BCUT2D eigenvalue weighted by Gasteiger charge is -2.15. The normalized spacial score (nSPS) is 26.7. The highest BCUT2D eigenvalue weighted by Gasteiger charge is 2.27. The molecule has 0 aromatic heterocycles. The van der Waals surface area contributed by atoms with Crippen molar-refractivity contribution in [2.24, 2.45) is 5.92 Å². The number of hydrogen-bond acceptors (Lipinski definition) is 3. The molecule has 1 fully saturated rings. The van der Waals surface area contributed by atoms with Gasteiger partial charge in [-0.3, -0.25) is 0 Å². The van der Waals surface area contributed by atoms with Crippen molar-refractivity contribution in [3.05, 3.63) is 0 Å². The lowest BCUT2D eigenvalue weighted by molar-refractivity contribution is -0.0181. The van der Waals surface area contributed by atoms with Gasteiger partial charge in [-0.2, -0.15) is 5.26 Å². The van der Waals surface area contributed by atoms with Crippen LogP contribution in [0.15, 0.2) is 0 Å². The van der Waals surface area contributed by atoms with E-state index in [-0.39, 0.29) is 18.1 Å². The number of hydrogen-bond donors (Lipinski definition) is 0. The average Bonchev–Trinajstić information content (AvgIpc) is 2.59. The number of nitriles is 1. The molecule has 1 aliphatic carbocycles. The molecule has 2 unspecified atom stereocenters. The van der Waals surface area contributed by atoms with Crippen LogP contribution in [0, 0.1) is 17.2 Å². The molecule has 1 saturated carbocycles. The van der Waals surface area contributed by atoms with Crippen LogP contribution in [0.2, 0.25) is 0 Å². The van der Waals surface area contributed by atoms with E-state index in [4.69, 9.17) is 14.7 Å². The van der Waals surface area contributed by atoms with Crippen LogP contribution in [0.1, 0.15) is 33.1 Å². The van der Waals surface area contributed by atoms with E-state index in [1.807, 2.05) is 13.8 Å². The summed E-state index contributed by atoms with van der Waals surface area (Å²) in [5, 5.41) is 8.82. The Morgan fingerprint density at radius 1 is 1.36 bits per heavy atom. The van der Waals surface area contributed by atoms with Crippen molar-refractivity contribution < 1.29 is 9.47 Å². The lowest BCUT2D eigenvalue weighted by Crippen LogP contribution is -2.20. The first-order valence-corrected chi connectivity index (χ1v) is 5.37. The minimum atomic E-state index is 0.106. The van der Waals surface area contributed by atoms with Gasteiger partial charge in [0.1, 0.15) is 0 Å². The molecule has 1 rings (SSSR count). The van der Waals surface area contributed by atoms with Crippen molar-refractivity contribution in [2.45, 2.75) is 45.3 Å². The van der Waals surface area contributed by atoms with E-state index in [0.717, 1.165) is 19.3 Å². The van der Waals surface area contributed by atoms with Crippen LogP contribution in [0.4, 0.5) is 0 Å². The highest BCUT2D eigenvalue weighted by atomic mass is 16.5. The molecule has 80 valence electrons. The van der Waals surface area contributed by atoms with Crippen LogP contribution < -0.4 is 0 Å². The summed E-state index contributed by atoms with van der Waals surface area (Å²) < 4.78 is 11.0. The molecule has 14 heavy (non-hydrogen) atoms. The first kappa shape index (κ1) is 11.5. The van der Waals surface area contributed by atoms with Crippen LogP contribution in [0.3, 0.4) is 0 Å². The van der Waals surface area contributed by atoms with Gasteiger partial charge in [0.15, 0.2) is 0 Å². The highest BCUT2D eigenvalue weighted by molar-refractivity contribution is 4.93. The molecule has 0 aromatic rings. The number of ether oxygens (including phenoxy) is 2. The molecule has 3 heteroatoms. The summed E-state index contributed by atoms with van der Waals surface area (Å²) in [4.78, 5) is 0. The lowest BCUT2D eigenvalue weighted by atomic mass is 10.1. The SMILES string of the molecule is CC(C)OCCOC1CCCC1C#N. The van der Waals surface area contributed by atoms with Crippen molar-refractivity contribution >= 4 is 0 Å². The molecule has 2 atom stereocenters. The molecule has 0 N–H and O–H groups in total. The van der Waals surface area contributed by atoms with Crippen molar-refractivity contribution in [1.29, 1.82) is 5.26 Å². The van der Waals surface area contributed by atoms with E-state index in [9.17, 15) is 0 Å². The third-order valence-electron chi connectivity index (χ3n) is 2.48. The fraction of sp³-hybridized carbons (Fsp3) is 0.909. The predicted octanol–water partition coefficient (Wildman–Crippen LogP) is 2.12. The standard InChI is InChI=1S/C11H19NO2/c1-9(2)13-6-7-14-11-5-3-4-10(11)8-12/h9-11H,3-7H2,1-2H3. The zero-order valence-electron chi connectivity index (χ0n) is 9.03. The monoisotopic (exact) mass is 197 g/mol. The van der Waals surface area contributed by atoms with Crippen molar-refractivity contribution in [1.82, 2.24) is 0 Å². The number of rotatable bonds is 5. The van der Waals surface area contributed by atoms with Crippen LogP contribution in [-0.2, 0) is 9.47 Å². The van der Waals surface area contributed by atoms with E-state index >= 15 is 0 Å². The van der Waals surface area contributed by atoms with E-state index < -0.39 is 0 Å². The summed E-state index contributed by atoms with van der Waals surface area (Å²) in [5.41, 5.74) is 0. The maximum absolute atomic E-state index is 8.82. The second kappa shape index (κ2) is 6.00. The second-order valence-electron chi connectivity index (χ2n) is 4.00. The summed E-state index contributed by atoms with van der Waals surface area (Å²) in [6.07, 6.45) is 3.55. The van der Waals surface area contributed by atoms with Crippen LogP contribution in [0.5, 0.6) is 0 Å². The Morgan fingerprint density at radius 2 is 2.14 bits per heavy atom. The summed E-state index contributed by atoms with van der Waals surface area (Å²) in [6.45, 7) is 5.26. The smallest absolute Gasteiger partial charge is 0.0734 e. The molecule has 0 aliphatic heterocycles. The molecule has 3 nitrogen and oxygen atoms in total. The Labute approximate surface area is 86.0 Å². The second-order valence-corrected chi connectivity index (χ2v) is 4.00. The van der Waals surface area contributed by atoms with Gasteiger partial charge in [0.05, 0.1) is 37.4 Å². The Kier molecular flexibility index (Phi) is 4.92. The van der Waals surface area contributed by atoms with Crippen LogP contribution in [-0.4, -0.2) is 25.4 Å². The first-order valence-electron chi connectivity index (χ1n) is 5.37. The zero-order chi connectivity index (χ0) is 10.4. The van der Waals surface area contributed by atoms with Gasteiger partial charge >= 0.3 is 0 Å². The largest absolute Gasteiger partial charge is 0.376 e. The van der Waals surface area contributed by atoms with Gasteiger partial charge in [0.2, 0.25) is 0 Å². The van der Waals surface area contributed by atoms with Gasteiger partial charge in [0, 0.05) is 0 Å². The van der Waals surface area contributed by atoms with Crippen molar-refractivity contribution in [3.63, 3.8) is 0 Å². The van der Waals surface area contributed by atoms with Crippen molar-refractivity contribution in [3.8, 4) is 6.07 Å². The summed E-state index contributed by atoms with van der Waals surface area (Å²) >= 11 is 0. The van der Waals surface area contributed by atoms with Gasteiger partial charge in [-0.25, -0.2) is 0 Å². The quantitative estimate of drug-likeness (QED) is 0.634. The van der Waals surface area contributed by atoms with Crippen LogP contribution in [0.25, 0.3) is 0 Å². The molecule has 0 saturated heterocycles. The minimum absolute atomic E-state index is 0.106. The maximum Gasteiger partial charge on any atom is 0.0734 e. The van der Waals surface area contributed by atoms with Crippen molar-refractivity contribution in [2.75, 3.05) is 13.2 Å². The maximum atomic E-state index is 8.82. The van der Waals surface area contributed by atoms with Gasteiger partial charge < -0.3 is 9.47 Å². The van der Waals surface area contributed by atoms with Gasteiger partial charge in [0.25, 0.3) is 0 Å². The molecule has 0 heterocycles. The fourth-order valence-corrected chi connectivity index (χ4v) is 1.76. The van der Waals surface area contributed by atoms with Gasteiger partial charge in [-0.15, -0.1) is 0 Å². The molecule has 0 amide bonds. The zero-order valence-corrected chi connectivity index (χ0v) is 9.03. The molecule has 0 aromatic carbocycles. The summed E-state index contributed by atoms with van der Waals surface area (Å²) in [5.74, 6) is 0.106. The molecular formula is C11H19NO2. The summed E-state index contributed by atoms with van der Waals surface area (Å²) in [6, 6.07) is 2.30.